The average molecular weight is 508 g/mol. The molecule has 1 aliphatic heterocycles. The Morgan fingerprint density at radius 2 is 0.750 bits per heavy atom. The molecule has 36 heavy (non-hydrogen) atoms. The molecule has 3 nitrogen and oxygen atoms in total. The van der Waals surface area contributed by atoms with Crippen LogP contribution in [-0.2, 0) is 0 Å². The van der Waals surface area contributed by atoms with Crippen molar-refractivity contribution >= 4 is 0 Å². The fourth-order valence-corrected chi connectivity index (χ4v) is 5.72. The van der Waals surface area contributed by atoms with Gasteiger partial charge < -0.3 is 14.7 Å². The number of hydrogen-bond donors (Lipinski definition) is 0. The van der Waals surface area contributed by atoms with E-state index in [2.05, 4.69) is 35.6 Å². The maximum absolute atomic E-state index is 2.83. The quantitative estimate of drug-likeness (QED) is 0.103. The first-order valence-electron chi connectivity index (χ1n) is 16.9. The van der Waals surface area contributed by atoms with Gasteiger partial charge in [-0.2, -0.15) is 0 Å². The van der Waals surface area contributed by atoms with E-state index in [9.17, 15) is 0 Å². The summed E-state index contributed by atoms with van der Waals surface area (Å²) in [6.45, 7) is 15.1. The monoisotopic (exact) mass is 508 g/mol. The van der Waals surface area contributed by atoms with Crippen LogP contribution in [0, 0.1) is 0 Å². The maximum atomic E-state index is 2.83. The van der Waals surface area contributed by atoms with E-state index >= 15 is 0 Å². The summed E-state index contributed by atoms with van der Waals surface area (Å²) in [5, 5.41) is 0. The lowest BCUT2D eigenvalue weighted by Gasteiger charge is -2.32. The third-order valence-electron chi connectivity index (χ3n) is 8.45. The molecule has 0 spiro atoms. The first-order valence-corrected chi connectivity index (χ1v) is 16.9. The van der Waals surface area contributed by atoms with Crippen molar-refractivity contribution in [2.24, 2.45) is 0 Å². The molecule has 1 fully saturated rings. The molecule has 1 aliphatic rings. The molecule has 0 bridgehead atoms. The van der Waals surface area contributed by atoms with E-state index in [0.29, 0.717) is 0 Å². The van der Waals surface area contributed by atoms with E-state index < -0.39 is 0 Å². The number of hydrogen-bond acceptors (Lipinski definition) is 3. The molecule has 1 heterocycles. The highest BCUT2D eigenvalue weighted by atomic mass is 15.2. The Kier molecular flexibility index (Phi) is 24.9. The summed E-state index contributed by atoms with van der Waals surface area (Å²) in [6.07, 6.45) is 31.7. The molecule has 0 amide bonds. The fourth-order valence-electron chi connectivity index (χ4n) is 5.72. The lowest BCUT2D eigenvalue weighted by Crippen LogP contribution is -2.44. The second-order valence-corrected chi connectivity index (χ2v) is 12.1. The first kappa shape index (κ1) is 33.9. The van der Waals surface area contributed by atoms with Crippen LogP contribution < -0.4 is 0 Å². The molecule has 0 aromatic heterocycles. The molecular formula is C33H69N3. The second kappa shape index (κ2) is 26.5. The van der Waals surface area contributed by atoms with E-state index in [1.165, 1.54) is 194 Å². The lowest BCUT2D eigenvalue weighted by molar-refractivity contribution is 0.152. The lowest BCUT2D eigenvalue weighted by atomic mass is 10.1. The van der Waals surface area contributed by atoms with Gasteiger partial charge in [0.15, 0.2) is 0 Å². The van der Waals surface area contributed by atoms with E-state index in [-0.39, 0.29) is 0 Å². The zero-order chi connectivity index (χ0) is 25.9. The van der Waals surface area contributed by atoms with Gasteiger partial charge in [-0.3, -0.25) is 0 Å². The zero-order valence-electron chi connectivity index (χ0n) is 25.6. The van der Waals surface area contributed by atoms with Crippen LogP contribution in [0.4, 0.5) is 0 Å². The number of likely N-dealkylation sites (N-methyl/N-ethyl adjacent to an activating group) is 1. The summed E-state index contributed by atoms with van der Waals surface area (Å²) < 4.78 is 0. The molecular weight excluding hydrogens is 438 g/mol. The zero-order valence-corrected chi connectivity index (χ0v) is 25.6. The highest BCUT2D eigenvalue weighted by molar-refractivity contribution is 4.69. The summed E-state index contributed by atoms with van der Waals surface area (Å²) in [6, 6.07) is 0. The van der Waals surface area contributed by atoms with Gasteiger partial charge in [0.2, 0.25) is 0 Å². The van der Waals surface area contributed by atoms with Crippen molar-refractivity contribution in [3.63, 3.8) is 0 Å². The van der Waals surface area contributed by atoms with Gasteiger partial charge in [-0.25, -0.2) is 0 Å². The van der Waals surface area contributed by atoms with Gasteiger partial charge in [0.25, 0.3) is 0 Å². The van der Waals surface area contributed by atoms with Crippen LogP contribution in [0.5, 0.6) is 0 Å². The summed E-state index contributed by atoms with van der Waals surface area (Å²) in [5.41, 5.74) is 0. The molecule has 1 saturated heterocycles. The number of nitrogens with zero attached hydrogens (tertiary/aromatic N) is 3. The predicted octanol–water partition coefficient (Wildman–Crippen LogP) is 9.16. The molecule has 0 unspecified atom stereocenters. The topological polar surface area (TPSA) is 9.72 Å². The van der Waals surface area contributed by atoms with Crippen LogP contribution in [0.15, 0.2) is 0 Å². The van der Waals surface area contributed by atoms with Crippen molar-refractivity contribution in [1.82, 2.24) is 14.7 Å². The first-order chi connectivity index (χ1) is 17.8. The standard InChI is InChI=1S/C33H69N3/c1-4-6-8-10-12-14-18-22-26-35(27-23-19-15-13-11-9-7-5-2)28-24-20-16-17-21-25-29-36-32-30-34(3)31-33-36/h4-33H2,1-3H3. The van der Waals surface area contributed by atoms with Crippen molar-refractivity contribution in [2.45, 2.75) is 155 Å². The second-order valence-electron chi connectivity index (χ2n) is 12.1. The van der Waals surface area contributed by atoms with E-state index in [0.717, 1.165) is 0 Å². The summed E-state index contributed by atoms with van der Waals surface area (Å²) in [7, 11) is 2.25. The molecule has 1 rings (SSSR count). The smallest absolute Gasteiger partial charge is 0.0110 e. The molecule has 0 saturated carbocycles. The van der Waals surface area contributed by atoms with Crippen molar-refractivity contribution < 1.29 is 0 Å². The third kappa shape index (κ3) is 21.9. The molecule has 0 aromatic carbocycles. The number of rotatable bonds is 27. The number of unbranched alkanes of at least 4 members (excludes halogenated alkanes) is 19. The van der Waals surface area contributed by atoms with E-state index in [4.69, 9.17) is 0 Å². The van der Waals surface area contributed by atoms with Gasteiger partial charge in [0.05, 0.1) is 0 Å². The van der Waals surface area contributed by atoms with Gasteiger partial charge in [0, 0.05) is 26.2 Å². The average Bonchev–Trinajstić information content (AvgIpc) is 2.89. The van der Waals surface area contributed by atoms with Gasteiger partial charge in [-0.05, 0) is 58.9 Å². The highest BCUT2D eigenvalue weighted by Crippen LogP contribution is 2.13. The minimum atomic E-state index is 1.26. The van der Waals surface area contributed by atoms with Crippen LogP contribution in [0.3, 0.4) is 0 Å². The molecule has 0 aromatic rings. The van der Waals surface area contributed by atoms with E-state index in [1.54, 1.807) is 0 Å². The van der Waals surface area contributed by atoms with Crippen molar-refractivity contribution in [3.05, 3.63) is 0 Å². The summed E-state index contributed by atoms with van der Waals surface area (Å²) in [5.74, 6) is 0. The molecule has 0 N–H and O–H groups in total. The molecule has 0 atom stereocenters. The van der Waals surface area contributed by atoms with Crippen LogP contribution in [0.2, 0.25) is 0 Å². The highest BCUT2D eigenvalue weighted by Gasteiger charge is 2.12. The minimum Gasteiger partial charge on any atom is -0.304 e. The minimum absolute atomic E-state index is 1.26. The predicted molar refractivity (Wildman–Crippen MR) is 163 cm³/mol. The Hall–Kier alpha value is -0.120. The molecule has 216 valence electrons. The summed E-state index contributed by atoms with van der Waals surface area (Å²) in [4.78, 5) is 7.97. The Bertz CT molecular complexity index is 399. The van der Waals surface area contributed by atoms with Crippen LogP contribution in [0.1, 0.15) is 155 Å². The van der Waals surface area contributed by atoms with E-state index in [1.807, 2.05) is 0 Å². The van der Waals surface area contributed by atoms with Crippen LogP contribution >= 0.6 is 0 Å². The fraction of sp³-hybridized carbons (Fsp3) is 1.00. The Morgan fingerprint density at radius 1 is 0.417 bits per heavy atom. The Labute approximate surface area is 229 Å². The number of piperazine rings is 1. The van der Waals surface area contributed by atoms with Gasteiger partial charge in [-0.1, -0.05) is 129 Å². The van der Waals surface area contributed by atoms with Gasteiger partial charge in [0.1, 0.15) is 0 Å². The van der Waals surface area contributed by atoms with Crippen molar-refractivity contribution in [2.75, 3.05) is 59.4 Å². The third-order valence-corrected chi connectivity index (χ3v) is 8.45. The van der Waals surface area contributed by atoms with Gasteiger partial charge in [-0.15, -0.1) is 0 Å². The van der Waals surface area contributed by atoms with Crippen molar-refractivity contribution in [1.29, 1.82) is 0 Å². The van der Waals surface area contributed by atoms with Crippen LogP contribution in [0.25, 0.3) is 0 Å². The summed E-state index contributed by atoms with van der Waals surface area (Å²) >= 11 is 0. The largest absolute Gasteiger partial charge is 0.304 e. The van der Waals surface area contributed by atoms with Gasteiger partial charge >= 0.3 is 0 Å². The SMILES string of the molecule is CCCCCCCCCCN(CCCCCCCCCC)CCCCCCCCN1CCN(C)CC1. The molecule has 0 aliphatic carbocycles. The molecule has 0 radical (unpaired) electrons. The van der Waals surface area contributed by atoms with Crippen molar-refractivity contribution in [3.8, 4) is 0 Å². The van der Waals surface area contributed by atoms with Crippen LogP contribution in [-0.4, -0.2) is 74.1 Å². The normalized spacial score (nSPS) is 15.3. The molecule has 3 heteroatoms. The Balaban J connectivity index is 2.07. The maximum Gasteiger partial charge on any atom is 0.0110 e. The Morgan fingerprint density at radius 3 is 1.14 bits per heavy atom.